The second kappa shape index (κ2) is 5.55. The van der Waals surface area contributed by atoms with Crippen LogP contribution in [0.3, 0.4) is 0 Å². The summed E-state index contributed by atoms with van der Waals surface area (Å²) in [5.41, 5.74) is 0.926. The zero-order valence-corrected chi connectivity index (χ0v) is 11.1. The molecule has 0 bridgehead atoms. The maximum absolute atomic E-state index is 5.81. The Kier molecular flexibility index (Phi) is 3.62. The predicted octanol–water partition coefficient (Wildman–Crippen LogP) is 3.17. The Morgan fingerprint density at radius 1 is 1.11 bits per heavy atom. The summed E-state index contributed by atoms with van der Waals surface area (Å²) in [7, 11) is 0. The molecule has 0 radical (unpaired) electrons. The Balaban J connectivity index is 1.59. The Morgan fingerprint density at radius 3 is 2.53 bits per heavy atom. The molecule has 2 aromatic rings. The van der Waals surface area contributed by atoms with Gasteiger partial charge in [0.2, 0.25) is 5.88 Å². The lowest BCUT2D eigenvalue weighted by molar-refractivity contribution is 0.453. The molecule has 98 valence electrons. The van der Waals surface area contributed by atoms with Crippen LogP contribution in [-0.4, -0.2) is 16.2 Å². The van der Waals surface area contributed by atoms with Crippen molar-refractivity contribution in [1.82, 2.24) is 15.5 Å². The summed E-state index contributed by atoms with van der Waals surface area (Å²) < 4.78 is 5.57. The summed E-state index contributed by atoms with van der Waals surface area (Å²) in [6.07, 6.45) is 2.54. The largest absolute Gasteiger partial charge is 0.438 e. The van der Waals surface area contributed by atoms with Crippen molar-refractivity contribution < 1.29 is 4.74 Å². The average Bonchev–Trinajstić information content (AvgIpc) is 3.25. The third-order valence-electron chi connectivity index (χ3n) is 2.88. The zero-order valence-electron chi connectivity index (χ0n) is 10.3. The van der Waals surface area contributed by atoms with E-state index in [2.05, 4.69) is 15.5 Å². The van der Waals surface area contributed by atoms with Crippen molar-refractivity contribution in [2.45, 2.75) is 25.4 Å². The third-order valence-corrected chi connectivity index (χ3v) is 3.13. The number of ether oxygens (including phenoxy) is 1. The van der Waals surface area contributed by atoms with Gasteiger partial charge in [0.1, 0.15) is 5.75 Å². The second-order valence-corrected chi connectivity index (χ2v) is 5.01. The summed E-state index contributed by atoms with van der Waals surface area (Å²) in [5, 5.41) is 12.2. The number of benzene rings is 1. The Bertz CT molecular complexity index is 538. The van der Waals surface area contributed by atoms with Crippen molar-refractivity contribution in [2.75, 3.05) is 0 Å². The van der Waals surface area contributed by atoms with E-state index in [4.69, 9.17) is 16.3 Å². The van der Waals surface area contributed by atoms with Crippen LogP contribution in [0.1, 0.15) is 18.5 Å². The van der Waals surface area contributed by atoms with Crippen molar-refractivity contribution in [3.63, 3.8) is 0 Å². The molecule has 3 rings (SSSR count). The fourth-order valence-electron chi connectivity index (χ4n) is 1.66. The van der Waals surface area contributed by atoms with Gasteiger partial charge in [-0.1, -0.05) is 11.6 Å². The number of aromatic nitrogens is 2. The van der Waals surface area contributed by atoms with Crippen molar-refractivity contribution in [3.8, 4) is 11.6 Å². The third kappa shape index (κ3) is 3.66. The number of nitrogens with zero attached hydrogens (tertiary/aromatic N) is 2. The van der Waals surface area contributed by atoms with Crippen LogP contribution in [0.5, 0.6) is 11.6 Å². The maximum atomic E-state index is 5.81. The summed E-state index contributed by atoms with van der Waals surface area (Å²) >= 11 is 5.81. The van der Waals surface area contributed by atoms with E-state index >= 15 is 0 Å². The molecule has 4 nitrogen and oxygen atoms in total. The molecule has 1 heterocycles. The van der Waals surface area contributed by atoms with E-state index in [1.165, 1.54) is 12.8 Å². The lowest BCUT2D eigenvalue weighted by Crippen LogP contribution is -2.16. The first kappa shape index (κ1) is 12.4. The predicted molar refractivity (Wildman–Crippen MR) is 73.4 cm³/mol. The molecule has 0 saturated heterocycles. The van der Waals surface area contributed by atoms with Gasteiger partial charge in [0.05, 0.1) is 5.69 Å². The molecule has 5 heteroatoms. The number of hydrogen-bond donors (Lipinski definition) is 1. The van der Waals surface area contributed by atoms with Gasteiger partial charge in [0.25, 0.3) is 0 Å². The molecular weight excluding hydrogens is 262 g/mol. The van der Waals surface area contributed by atoms with Crippen molar-refractivity contribution >= 4 is 11.6 Å². The molecule has 0 atom stereocenters. The van der Waals surface area contributed by atoms with Gasteiger partial charge in [-0.25, -0.2) is 0 Å². The summed E-state index contributed by atoms with van der Waals surface area (Å²) in [6, 6.07) is 11.6. The molecule has 1 aliphatic rings. The number of halogens is 1. The molecule has 0 amide bonds. The minimum atomic E-state index is 0.484. The fourth-order valence-corrected chi connectivity index (χ4v) is 1.78. The maximum Gasteiger partial charge on any atom is 0.238 e. The highest BCUT2D eigenvalue weighted by Crippen LogP contribution is 2.21. The quantitative estimate of drug-likeness (QED) is 0.910. The van der Waals surface area contributed by atoms with Crippen LogP contribution >= 0.6 is 11.6 Å². The minimum absolute atomic E-state index is 0.484. The minimum Gasteiger partial charge on any atom is -0.438 e. The van der Waals surface area contributed by atoms with E-state index in [0.29, 0.717) is 22.7 Å². The molecule has 1 aliphatic carbocycles. The van der Waals surface area contributed by atoms with Crippen LogP contribution in [0, 0.1) is 0 Å². The van der Waals surface area contributed by atoms with Crippen LogP contribution < -0.4 is 10.1 Å². The van der Waals surface area contributed by atoms with Crippen molar-refractivity contribution in [3.05, 3.63) is 47.1 Å². The van der Waals surface area contributed by atoms with Crippen LogP contribution in [0.25, 0.3) is 0 Å². The first-order chi connectivity index (χ1) is 9.29. The van der Waals surface area contributed by atoms with E-state index in [9.17, 15) is 0 Å². The highest BCUT2D eigenvalue weighted by atomic mass is 35.5. The summed E-state index contributed by atoms with van der Waals surface area (Å²) in [4.78, 5) is 0. The lowest BCUT2D eigenvalue weighted by atomic mass is 10.3. The standard InChI is InChI=1S/C14H14ClN3O/c15-10-1-6-13(7-2-10)19-14-8-5-12(17-18-14)9-16-11-3-4-11/h1-2,5-8,11,16H,3-4,9H2. The first-order valence-electron chi connectivity index (χ1n) is 6.29. The van der Waals surface area contributed by atoms with E-state index in [1.54, 1.807) is 24.3 Å². The van der Waals surface area contributed by atoms with Gasteiger partial charge >= 0.3 is 0 Å². The molecule has 1 aromatic heterocycles. The molecule has 1 aromatic carbocycles. The SMILES string of the molecule is Clc1ccc(Oc2ccc(CNC3CC3)nn2)cc1. The monoisotopic (exact) mass is 275 g/mol. The van der Waals surface area contributed by atoms with Crippen LogP contribution in [-0.2, 0) is 6.54 Å². The van der Waals surface area contributed by atoms with Gasteiger partial charge in [-0.05, 0) is 43.2 Å². The van der Waals surface area contributed by atoms with E-state index in [0.717, 1.165) is 12.2 Å². The average molecular weight is 276 g/mol. The highest BCUT2D eigenvalue weighted by Gasteiger charge is 2.20. The van der Waals surface area contributed by atoms with Crippen LogP contribution in [0.15, 0.2) is 36.4 Å². The summed E-state index contributed by atoms with van der Waals surface area (Å²) in [5.74, 6) is 1.18. The molecule has 1 N–H and O–H groups in total. The zero-order chi connectivity index (χ0) is 13.1. The van der Waals surface area contributed by atoms with E-state index in [1.807, 2.05) is 12.1 Å². The molecule has 0 unspecified atom stereocenters. The summed E-state index contributed by atoms with van der Waals surface area (Å²) in [6.45, 7) is 0.763. The molecule has 19 heavy (non-hydrogen) atoms. The smallest absolute Gasteiger partial charge is 0.238 e. The Labute approximate surface area is 116 Å². The molecule has 0 spiro atoms. The topological polar surface area (TPSA) is 47.0 Å². The fraction of sp³-hybridized carbons (Fsp3) is 0.286. The Hall–Kier alpha value is -1.65. The number of rotatable bonds is 5. The van der Waals surface area contributed by atoms with Gasteiger partial charge < -0.3 is 10.1 Å². The van der Waals surface area contributed by atoms with E-state index < -0.39 is 0 Å². The second-order valence-electron chi connectivity index (χ2n) is 4.57. The van der Waals surface area contributed by atoms with Gasteiger partial charge in [-0.2, -0.15) is 5.10 Å². The van der Waals surface area contributed by atoms with Crippen molar-refractivity contribution in [1.29, 1.82) is 0 Å². The first-order valence-corrected chi connectivity index (χ1v) is 6.67. The molecule has 0 aliphatic heterocycles. The van der Waals surface area contributed by atoms with Gasteiger partial charge in [0, 0.05) is 23.7 Å². The lowest BCUT2D eigenvalue weighted by Gasteiger charge is -2.05. The molecule has 1 fully saturated rings. The van der Waals surface area contributed by atoms with Crippen LogP contribution in [0.4, 0.5) is 0 Å². The van der Waals surface area contributed by atoms with Gasteiger partial charge in [-0.15, -0.1) is 5.10 Å². The number of nitrogens with one attached hydrogen (secondary N) is 1. The van der Waals surface area contributed by atoms with Gasteiger partial charge in [0.15, 0.2) is 0 Å². The van der Waals surface area contributed by atoms with Gasteiger partial charge in [-0.3, -0.25) is 0 Å². The molecular formula is C14H14ClN3O. The highest BCUT2D eigenvalue weighted by molar-refractivity contribution is 6.30. The van der Waals surface area contributed by atoms with E-state index in [-0.39, 0.29) is 0 Å². The molecule has 1 saturated carbocycles. The van der Waals surface area contributed by atoms with Crippen molar-refractivity contribution in [2.24, 2.45) is 0 Å². The number of hydrogen-bond acceptors (Lipinski definition) is 4. The Morgan fingerprint density at radius 2 is 1.89 bits per heavy atom. The normalized spacial score (nSPS) is 14.4. The van der Waals surface area contributed by atoms with Crippen LogP contribution in [0.2, 0.25) is 5.02 Å².